The number of benzene rings is 2. The summed E-state index contributed by atoms with van der Waals surface area (Å²) in [6.45, 7) is 11.8. The quantitative estimate of drug-likeness (QED) is 0.264. The van der Waals surface area contributed by atoms with Crippen LogP contribution in [0, 0.1) is 6.92 Å². The van der Waals surface area contributed by atoms with E-state index in [0.717, 1.165) is 27.7 Å². The van der Waals surface area contributed by atoms with Crippen LogP contribution in [0.4, 0.5) is 0 Å². The predicted molar refractivity (Wildman–Crippen MR) is 166 cm³/mol. The summed E-state index contributed by atoms with van der Waals surface area (Å²) in [5.74, 6) is -0.147. The zero-order valence-electron chi connectivity index (χ0n) is 25.2. The summed E-state index contributed by atoms with van der Waals surface area (Å²) < 4.78 is 20.4. The Bertz CT molecular complexity index is 1910. The van der Waals surface area contributed by atoms with Crippen LogP contribution in [-0.2, 0) is 25.6 Å². The van der Waals surface area contributed by atoms with Crippen molar-refractivity contribution in [3.05, 3.63) is 96.3 Å². The first-order valence-electron chi connectivity index (χ1n) is 14.3. The summed E-state index contributed by atoms with van der Waals surface area (Å²) in [6.07, 6.45) is 1.51. The van der Waals surface area contributed by atoms with Crippen molar-refractivity contribution < 1.29 is 23.8 Å². The maximum Gasteiger partial charge on any atom is 0.338 e. The molecule has 0 aliphatic carbocycles. The van der Waals surface area contributed by atoms with Crippen molar-refractivity contribution in [1.82, 2.24) is 9.13 Å². The van der Waals surface area contributed by atoms with E-state index in [1.165, 1.54) is 11.3 Å². The third-order valence-electron chi connectivity index (χ3n) is 7.24. The molecular formula is C33H35N3O6S. The van der Waals surface area contributed by atoms with E-state index in [-0.39, 0.29) is 24.2 Å². The summed E-state index contributed by atoms with van der Waals surface area (Å²) in [6, 6.07) is 14.4. The molecule has 0 spiro atoms. The van der Waals surface area contributed by atoms with E-state index < -0.39 is 12.0 Å². The van der Waals surface area contributed by atoms with Crippen molar-refractivity contribution in [2.45, 2.75) is 60.2 Å². The van der Waals surface area contributed by atoms with Crippen molar-refractivity contribution in [1.29, 1.82) is 0 Å². The SMILES string of the molecule is CCOC(=O)Cn1c(C)c(/C=c2/sc3n(c2=O)[C@@H](c2ccc(OCC)cc2)C(C(=O)OC(C)C)=C(C)N=3)c2ccccc21. The molecule has 0 N–H and O–H groups in total. The second-order valence-electron chi connectivity index (χ2n) is 10.4. The zero-order valence-corrected chi connectivity index (χ0v) is 26.0. The highest BCUT2D eigenvalue weighted by Crippen LogP contribution is 2.32. The Hall–Kier alpha value is -4.44. The van der Waals surface area contributed by atoms with E-state index >= 15 is 0 Å². The molecule has 224 valence electrons. The van der Waals surface area contributed by atoms with Crippen molar-refractivity contribution in [2.75, 3.05) is 13.2 Å². The molecular weight excluding hydrogens is 566 g/mol. The second kappa shape index (κ2) is 12.4. The normalized spacial score (nSPS) is 15.0. The Balaban J connectivity index is 1.70. The van der Waals surface area contributed by atoms with Crippen LogP contribution in [0.25, 0.3) is 17.0 Å². The van der Waals surface area contributed by atoms with Gasteiger partial charge in [0.2, 0.25) is 0 Å². The number of hydrogen-bond donors (Lipinski definition) is 0. The molecule has 4 aromatic rings. The van der Waals surface area contributed by atoms with Gasteiger partial charge in [0, 0.05) is 22.2 Å². The smallest absolute Gasteiger partial charge is 0.338 e. The van der Waals surface area contributed by atoms with Gasteiger partial charge in [0.25, 0.3) is 5.56 Å². The molecule has 10 heteroatoms. The predicted octanol–water partition coefficient (Wildman–Crippen LogP) is 4.41. The van der Waals surface area contributed by atoms with Crippen molar-refractivity contribution in [3.8, 4) is 5.75 Å². The first-order valence-corrected chi connectivity index (χ1v) is 15.2. The molecule has 0 unspecified atom stereocenters. The molecule has 5 rings (SSSR count). The number of thiazole rings is 1. The van der Waals surface area contributed by atoms with Gasteiger partial charge in [-0.25, -0.2) is 9.79 Å². The summed E-state index contributed by atoms with van der Waals surface area (Å²) in [4.78, 5) is 45.2. The summed E-state index contributed by atoms with van der Waals surface area (Å²) in [5, 5.41) is 0.913. The Morgan fingerprint density at radius 3 is 2.44 bits per heavy atom. The first kappa shape index (κ1) is 30.0. The van der Waals surface area contributed by atoms with Gasteiger partial charge in [-0.15, -0.1) is 0 Å². The molecule has 3 heterocycles. The number of aromatic nitrogens is 2. The number of allylic oxidation sites excluding steroid dienone is 1. The molecule has 0 radical (unpaired) electrons. The molecule has 1 aliphatic heterocycles. The number of ether oxygens (including phenoxy) is 3. The monoisotopic (exact) mass is 601 g/mol. The number of rotatable bonds is 9. The van der Waals surface area contributed by atoms with Crippen molar-refractivity contribution in [2.24, 2.45) is 4.99 Å². The lowest BCUT2D eigenvalue weighted by Crippen LogP contribution is -2.40. The standard InChI is InChI=1S/C33H35N3O6S/c1-7-40-23-15-13-22(14-16-23)30-29(32(39)42-19(3)4)20(5)34-33-36(30)31(38)27(43-33)17-25-21(6)35(18-28(37)41-8-2)26-12-10-9-11-24(25)26/h9-17,19,30H,7-8,18H2,1-6H3/b27-17+/t30-/m0/s1. The first-order chi connectivity index (χ1) is 20.6. The van der Waals surface area contributed by atoms with Crippen LogP contribution in [0.3, 0.4) is 0 Å². The van der Waals surface area contributed by atoms with Crippen molar-refractivity contribution in [3.63, 3.8) is 0 Å². The third-order valence-corrected chi connectivity index (χ3v) is 8.22. The highest BCUT2D eigenvalue weighted by Gasteiger charge is 2.34. The van der Waals surface area contributed by atoms with Gasteiger partial charge in [-0.05, 0) is 71.4 Å². The zero-order chi connectivity index (χ0) is 30.8. The van der Waals surface area contributed by atoms with Crippen LogP contribution in [0.1, 0.15) is 57.5 Å². The largest absolute Gasteiger partial charge is 0.494 e. The highest BCUT2D eigenvalue weighted by atomic mass is 32.1. The van der Waals surface area contributed by atoms with E-state index in [1.807, 2.05) is 73.0 Å². The van der Waals surface area contributed by atoms with Crippen LogP contribution in [0.5, 0.6) is 5.75 Å². The molecule has 0 saturated carbocycles. The third kappa shape index (κ3) is 5.79. The molecule has 0 amide bonds. The summed E-state index contributed by atoms with van der Waals surface area (Å²) >= 11 is 1.26. The molecule has 0 bridgehead atoms. The van der Waals surface area contributed by atoms with Crippen LogP contribution >= 0.6 is 11.3 Å². The minimum absolute atomic E-state index is 0.0630. The Labute approximate surface area is 253 Å². The maximum atomic E-state index is 14.2. The number of carbonyl (C=O) groups excluding carboxylic acids is 2. The lowest BCUT2D eigenvalue weighted by atomic mass is 9.96. The summed E-state index contributed by atoms with van der Waals surface area (Å²) in [7, 11) is 0. The molecule has 43 heavy (non-hydrogen) atoms. The molecule has 0 fully saturated rings. The maximum absolute atomic E-state index is 14.2. The number of carbonyl (C=O) groups is 2. The van der Waals surface area contributed by atoms with Gasteiger partial charge in [0.1, 0.15) is 12.3 Å². The average Bonchev–Trinajstić information content (AvgIpc) is 3.41. The Morgan fingerprint density at radius 2 is 1.77 bits per heavy atom. The molecule has 1 atom stereocenters. The molecule has 2 aromatic carbocycles. The van der Waals surface area contributed by atoms with Crippen LogP contribution < -0.4 is 19.6 Å². The van der Waals surface area contributed by atoms with Gasteiger partial charge in [0.05, 0.1) is 41.2 Å². The number of nitrogens with zero attached hydrogens (tertiary/aromatic N) is 3. The fourth-order valence-corrected chi connectivity index (χ4v) is 6.43. The number of esters is 2. The molecule has 0 saturated heterocycles. The number of para-hydroxylation sites is 1. The van der Waals surface area contributed by atoms with E-state index in [9.17, 15) is 14.4 Å². The minimum Gasteiger partial charge on any atom is -0.494 e. The lowest BCUT2D eigenvalue weighted by molar-refractivity contribution is -0.144. The highest BCUT2D eigenvalue weighted by molar-refractivity contribution is 7.07. The van der Waals surface area contributed by atoms with E-state index in [1.54, 1.807) is 32.3 Å². The van der Waals surface area contributed by atoms with E-state index in [4.69, 9.17) is 19.2 Å². The minimum atomic E-state index is -0.730. The van der Waals surface area contributed by atoms with Gasteiger partial charge >= 0.3 is 11.9 Å². The van der Waals surface area contributed by atoms with Gasteiger partial charge in [0.15, 0.2) is 4.80 Å². The van der Waals surface area contributed by atoms with Gasteiger partial charge < -0.3 is 18.8 Å². The van der Waals surface area contributed by atoms with Gasteiger partial charge in [-0.1, -0.05) is 41.7 Å². The van der Waals surface area contributed by atoms with E-state index in [0.29, 0.717) is 39.6 Å². The van der Waals surface area contributed by atoms with Crippen LogP contribution in [0.15, 0.2) is 69.6 Å². The van der Waals surface area contributed by atoms with Crippen LogP contribution in [-0.4, -0.2) is 40.4 Å². The van der Waals surface area contributed by atoms with E-state index in [2.05, 4.69) is 0 Å². The lowest BCUT2D eigenvalue weighted by Gasteiger charge is -2.25. The Kier molecular flexibility index (Phi) is 8.68. The van der Waals surface area contributed by atoms with Crippen LogP contribution in [0.2, 0.25) is 0 Å². The Morgan fingerprint density at radius 1 is 1.05 bits per heavy atom. The van der Waals surface area contributed by atoms with Crippen molar-refractivity contribution >= 4 is 40.3 Å². The fourth-order valence-electron chi connectivity index (χ4n) is 5.40. The number of hydrogen-bond acceptors (Lipinski definition) is 8. The topological polar surface area (TPSA) is 101 Å². The molecule has 9 nitrogen and oxygen atoms in total. The molecule has 1 aliphatic rings. The fraction of sp³-hybridized carbons (Fsp3) is 0.333. The second-order valence-corrected chi connectivity index (χ2v) is 11.5. The average molecular weight is 602 g/mol. The summed E-state index contributed by atoms with van der Waals surface area (Å²) in [5.41, 5.74) is 3.82. The molecule has 2 aromatic heterocycles. The van der Waals surface area contributed by atoms with Gasteiger partial charge in [-0.2, -0.15) is 0 Å². The number of fused-ring (bicyclic) bond motifs is 2. The van der Waals surface area contributed by atoms with Gasteiger partial charge in [-0.3, -0.25) is 14.2 Å².